The number of rotatable bonds is 13. The molecule has 2 heteroatoms. The molecular formula is C18H34O2. The molecule has 0 aliphatic rings. The van der Waals surface area contributed by atoms with Crippen LogP contribution in [0.2, 0.25) is 0 Å². The van der Waals surface area contributed by atoms with Gasteiger partial charge in [0.15, 0.2) is 0 Å². The Morgan fingerprint density at radius 1 is 0.900 bits per heavy atom. The zero-order valence-electron chi connectivity index (χ0n) is 13.9. The minimum Gasteiger partial charge on any atom is -0.469 e. The van der Waals surface area contributed by atoms with Crippen molar-refractivity contribution in [3.05, 3.63) is 11.6 Å². The van der Waals surface area contributed by atoms with Gasteiger partial charge in [0.25, 0.3) is 0 Å². The maximum absolute atomic E-state index is 10.9. The van der Waals surface area contributed by atoms with Gasteiger partial charge in [0.2, 0.25) is 0 Å². The summed E-state index contributed by atoms with van der Waals surface area (Å²) < 4.78 is 4.62. The Balaban J connectivity index is 3.35. The van der Waals surface area contributed by atoms with Gasteiger partial charge in [0.1, 0.15) is 0 Å². The van der Waals surface area contributed by atoms with Crippen molar-refractivity contribution in [2.24, 2.45) is 0 Å². The normalized spacial score (nSPS) is 11.7. The van der Waals surface area contributed by atoms with E-state index < -0.39 is 0 Å². The molecule has 0 aliphatic heterocycles. The Hall–Kier alpha value is -0.790. The van der Waals surface area contributed by atoms with Crippen molar-refractivity contribution < 1.29 is 9.53 Å². The lowest BCUT2D eigenvalue weighted by atomic mass is 10.0. The summed E-state index contributed by atoms with van der Waals surface area (Å²) in [5.41, 5.74) is 1.51. The maximum Gasteiger partial charge on any atom is 0.305 e. The molecule has 0 aromatic carbocycles. The first-order valence-corrected chi connectivity index (χ1v) is 8.43. The zero-order chi connectivity index (χ0) is 15.1. The smallest absolute Gasteiger partial charge is 0.305 e. The molecule has 0 aromatic heterocycles. The second-order valence-electron chi connectivity index (χ2n) is 5.74. The SMILES string of the molecule is CCCCCCCCC/C(C)=C/CCCCC(=O)OC. The van der Waals surface area contributed by atoms with Crippen LogP contribution in [0.15, 0.2) is 11.6 Å². The Labute approximate surface area is 126 Å². The van der Waals surface area contributed by atoms with Crippen molar-refractivity contribution >= 4 is 5.97 Å². The van der Waals surface area contributed by atoms with Gasteiger partial charge in [-0.25, -0.2) is 0 Å². The number of ether oxygens (including phenoxy) is 1. The summed E-state index contributed by atoms with van der Waals surface area (Å²) in [6.45, 7) is 4.50. The fraction of sp³-hybridized carbons (Fsp3) is 0.833. The summed E-state index contributed by atoms with van der Waals surface area (Å²) >= 11 is 0. The van der Waals surface area contributed by atoms with Crippen molar-refractivity contribution in [3.8, 4) is 0 Å². The third-order valence-corrected chi connectivity index (χ3v) is 3.73. The van der Waals surface area contributed by atoms with Crippen LogP contribution in [-0.2, 0) is 9.53 Å². The average molecular weight is 282 g/mol. The van der Waals surface area contributed by atoms with Gasteiger partial charge in [-0.15, -0.1) is 0 Å². The van der Waals surface area contributed by atoms with E-state index in [1.165, 1.54) is 64.0 Å². The lowest BCUT2D eigenvalue weighted by Gasteiger charge is -2.03. The van der Waals surface area contributed by atoms with Crippen molar-refractivity contribution in [2.75, 3.05) is 7.11 Å². The van der Waals surface area contributed by atoms with Crippen LogP contribution in [0.4, 0.5) is 0 Å². The summed E-state index contributed by atoms with van der Waals surface area (Å²) in [5, 5.41) is 0. The standard InChI is InChI=1S/C18H34O2/c1-4-5-6-7-8-9-11-14-17(2)15-12-10-13-16-18(19)20-3/h15H,4-14,16H2,1-3H3/b17-15+. The minimum atomic E-state index is -0.0891. The molecule has 0 amide bonds. The predicted octanol–water partition coefficient (Wildman–Crippen LogP) is 5.81. The van der Waals surface area contributed by atoms with E-state index in [1.807, 2.05) is 0 Å². The Kier molecular flexibility index (Phi) is 14.0. The third-order valence-electron chi connectivity index (χ3n) is 3.73. The molecule has 0 fully saturated rings. The number of unbranched alkanes of at least 4 members (excludes halogenated alkanes) is 8. The van der Waals surface area contributed by atoms with Crippen LogP contribution in [0.3, 0.4) is 0 Å². The van der Waals surface area contributed by atoms with Gasteiger partial charge >= 0.3 is 5.97 Å². The highest BCUT2D eigenvalue weighted by atomic mass is 16.5. The number of allylic oxidation sites excluding steroid dienone is 2. The topological polar surface area (TPSA) is 26.3 Å². The zero-order valence-corrected chi connectivity index (χ0v) is 13.9. The molecule has 0 saturated carbocycles. The van der Waals surface area contributed by atoms with Crippen molar-refractivity contribution in [3.63, 3.8) is 0 Å². The van der Waals surface area contributed by atoms with E-state index in [0.717, 1.165) is 19.3 Å². The van der Waals surface area contributed by atoms with E-state index in [9.17, 15) is 4.79 Å². The number of hydrogen-bond donors (Lipinski definition) is 0. The van der Waals surface area contributed by atoms with Crippen LogP contribution in [-0.4, -0.2) is 13.1 Å². The van der Waals surface area contributed by atoms with Crippen LogP contribution in [0.25, 0.3) is 0 Å². The first-order valence-electron chi connectivity index (χ1n) is 8.43. The van der Waals surface area contributed by atoms with Gasteiger partial charge < -0.3 is 4.74 Å². The predicted molar refractivity (Wildman–Crippen MR) is 86.9 cm³/mol. The van der Waals surface area contributed by atoms with E-state index in [0.29, 0.717) is 6.42 Å². The number of hydrogen-bond acceptors (Lipinski definition) is 2. The second kappa shape index (κ2) is 14.6. The van der Waals surface area contributed by atoms with Crippen LogP contribution in [0, 0.1) is 0 Å². The highest BCUT2D eigenvalue weighted by molar-refractivity contribution is 5.68. The quantitative estimate of drug-likeness (QED) is 0.242. The van der Waals surface area contributed by atoms with Gasteiger partial charge in [0.05, 0.1) is 7.11 Å². The highest BCUT2D eigenvalue weighted by Crippen LogP contribution is 2.13. The van der Waals surface area contributed by atoms with E-state index >= 15 is 0 Å². The number of carbonyl (C=O) groups excluding carboxylic acids is 1. The molecule has 0 radical (unpaired) electrons. The highest BCUT2D eigenvalue weighted by Gasteiger charge is 1.98. The molecule has 0 N–H and O–H groups in total. The van der Waals surface area contributed by atoms with Crippen LogP contribution < -0.4 is 0 Å². The molecule has 0 unspecified atom stereocenters. The first kappa shape index (κ1) is 19.2. The largest absolute Gasteiger partial charge is 0.469 e. The summed E-state index contributed by atoms with van der Waals surface area (Å²) in [4.78, 5) is 10.9. The van der Waals surface area contributed by atoms with Crippen LogP contribution in [0.1, 0.15) is 90.9 Å². The molecule has 20 heavy (non-hydrogen) atoms. The van der Waals surface area contributed by atoms with Crippen molar-refractivity contribution in [2.45, 2.75) is 90.9 Å². The molecule has 0 rings (SSSR count). The molecule has 0 aromatic rings. The Bertz CT molecular complexity index is 256. The fourth-order valence-corrected chi connectivity index (χ4v) is 2.33. The van der Waals surface area contributed by atoms with Crippen molar-refractivity contribution in [1.29, 1.82) is 0 Å². The van der Waals surface area contributed by atoms with E-state index in [4.69, 9.17) is 0 Å². The van der Waals surface area contributed by atoms with Gasteiger partial charge in [-0.1, -0.05) is 57.1 Å². The second-order valence-corrected chi connectivity index (χ2v) is 5.74. The van der Waals surface area contributed by atoms with Gasteiger partial charge in [-0.2, -0.15) is 0 Å². The molecule has 0 aliphatic carbocycles. The summed E-state index contributed by atoms with van der Waals surface area (Å²) in [6.07, 6.45) is 16.9. The van der Waals surface area contributed by atoms with Gasteiger partial charge in [-0.3, -0.25) is 4.79 Å². The lowest BCUT2D eigenvalue weighted by molar-refractivity contribution is -0.140. The van der Waals surface area contributed by atoms with Crippen LogP contribution in [0.5, 0.6) is 0 Å². The molecule has 2 nitrogen and oxygen atoms in total. The number of methoxy groups -OCH3 is 1. The lowest BCUT2D eigenvalue weighted by Crippen LogP contribution is -1.98. The average Bonchev–Trinajstić information content (AvgIpc) is 2.45. The number of esters is 1. The Morgan fingerprint density at radius 3 is 2.15 bits per heavy atom. The van der Waals surface area contributed by atoms with E-state index in [-0.39, 0.29) is 5.97 Å². The number of carbonyl (C=O) groups is 1. The summed E-state index contributed by atoms with van der Waals surface area (Å²) in [7, 11) is 1.45. The van der Waals surface area contributed by atoms with Gasteiger partial charge in [-0.05, 0) is 39.0 Å². The first-order chi connectivity index (χ1) is 9.70. The van der Waals surface area contributed by atoms with Crippen molar-refractivity contribution in [1.82, 2.24) is 0 Å². The molecule has 118 valence electrons. The third kappa shape index (κ3) is 13.6. The molecule has 0 saturated heterocycles. The molecule has 0 heterocycles. The Morgan fingerprint density at radius 2 is 1.50 bits per heavy atom. The summed E-state index contributed by atoms with van der Waals surface area (Å²) in [5.74, 6) is -0.0891. The minimum absolute atomic E-state index is 0.0891. The van der Waals surface area contributed by atoms with E-state index in [2.05, 4.69) is 24.7 Å². The molecule has 0 atom stereocenters. The molecular weight excluding hydrogens is 248 g/mol. The summed E-state index contributed by atoms with van der Waals surface area (Å²) in [6, 6.07) is 0. The maximum atomic E-state index is 10.9. The van der Waals surface area contributed by atoms with E-state index in [1.54, 1.807) is 0 Å². The monoisotopic (exact) mass is 282 g/mol. The molecule has 0 bridgehead atoms. The fourth-order valence-electron chi connectivity index (χ4n) is 2.33. The van der Waals surface area contributed by atoms with Crippen LogP contribution >= 0.6 is 0 Å². The van der Waals surface area contributed by atoms with Gasteiger partial charge in [0, 0.05) is 6.42 Å². The molecule has 0 spiro atoms.